The second kappa shape index (κ2) is 6.98. The Labute approximate surface area is 106 Å². The van der Waals surface area contributed by atoms with Crippen molar-refractivity contribution in [2.24, 2.45) is 0 Å². The second-order valence-corrected chi connectivity index (χ2v) is 4.61. The van der Waals surface area contributed by atoms with Crippen molar-refractivity contribution in [1.29, 1.82) is 0 Å². The van der Waals surface area contributed by atoms with Crippen LogP contribution in [0.3, 0.4) is 0 Å². The second-order valence-electron chi connectivity index (χ2n) is 4.61. The highest BCUT2D eigenvalue weighted by Gasteiger charge is 2.20. The molecule has 1 aliphatic heterocycles. The van der Waals surface area contributed by atoms with Crippen LogP contribution in [0.2, 0.25) is 0 Å². The molecular weight excluding hydrogens is 236 g/mol. The number of hydrogen-bond acceptors (Lipinski definition) is 3. The summed E-state index contributed by atoms with van der Waals surface area (Å²) in [5.41, 5.74) is 0. The quantitative estimate of drug-likeness (QED) is 0.760. The predicted molar refractivity (Wildman–Crippen MR) is 64.9 cm³/mol. The van der Waals surface area contributed by atoms with Crippen LogP contribution < -0.4 is 5.32 Å². The van der Waals surface area contributed by atoms with E-state index in [1.807, 2.05) is 0 Å². The molecule has 6 nitrogen and oxygen atoms in total. The van der Waals surface area contributed by atoms with Crippen molar-refractivity contribution in [1.82, 2.24) is 10.2 Å². The molecular formula is C12H20N2O4. The fourth-order valence-corrected chi connectivity index (χ4v) is 1.90. The first-order valence-corrected chi connectivity index (χ1v) is 6.30. The van der Waals surface area contributed by atoms with Gasteiger partial charge in [0.05, 0.1) is 6.54 Å². The van der Waals surface area contributed by atoms with Crippen molar-refractivity contribution < 1.29 is 19.5 Å². The van der Waals surface area contributed by atoms with E-state index in [2.05, 4.69) is 5.32 Å². The lowest BCUT2D eigenvalue weighted by Gasteiger charge is -2.24. The Bertz CT molecular complexity index is 330. The lowest BCUT2D eigenvalue weighted by atomic mass is 10.1. The van der Waals surface area contributed by atoms with Crippen LogP contribution in [0.1, 0.15) is 39.0 Å². The summed E-state index contributed by atoms with van der Waals surface area (Å²) in [4.78, 5) is 35.5. The van der Waals surface area contributed by atoms with Crippen LogP contribution in [-0.2, 0) is 14.4 Å². The number of rotatable bonds is 4. The number of carbonyl (C=O) groups is 3. The zero-order valence-electron chi connectivity index (χ0n) is 10.6. The molecule has 0 spiro atoms. The summed E-state index contributed by atoms with van der Waals surface area (Å²) in [6.07, 6.45) is 4.36. The molecule has 0 saturated carbocycles. The highest BCUT2D eigenvalue weighted by atomic mass is 16.4. The number of likely N-dealkylation sites (tertiary alicyclic amines) is 1. The molecule has 0 bridgehead atoms. The molecule has 0 aromatic rings. The van der Waals surface area contributed by atoms with Crippen LogP contribution in [0.25, 0.3) is 0 Å². The monoisotopic (exact) mass is 256 g/mol. The molecule has 102 valence electrons. The summed E-state index contributed by atoms with van der Waals surface area (Å²) in [5.74, 6) is -1.52. The van der Waals surface area contributed by atoms with Crippen LogP contribution in [-0.4, -0.2) is 46.9 Å². The lowest BCUT2D eigenvalue weighted by Crippen LogP contribution is -2.46. The summed E-state index contributed by atoms with van der Waals surface area (Å²) in [6.45, 7) is 1.93. The standard InChI is InChI=1S/C12H20N2O4/c1-9(12(17)18)13-10(15)8-14-7-5-3-2-4-6-11(14)16/h9H,2-8H2,1H3,(H,13,15)(H,17,18). The largest absolute Gasteiger partial charge is 0.480 e. The summed E-state index contributed by atoms with van der Waals surface area (Å²) < 4.78 is 0. The number of aliphatic carboxylic acids is 1. The van der Waals surface area contributed by atoms with Gasteiger partial charge in [-0.15, -0.1) is 0 Å². The van der Waals surface area contributed by atoms with Gasteiger partial charge in [-0.25, -0.2) is 0 Å². The Morgan fingerprint density at radius 2 is 2.00 bits per heavy atom. The molecule has 0 aromatic heterocycles. The van der Waals surface area contributed by atoms with Gasteiger partial charge in [0.25, 0.3) is 0 Å². The molecule has 1 heterocycles. The molecule has 0 radical (unpaired) electrons. The van der Waals surface area contributed by atoms with Gasteiger partial charge >= 0.3 is 5.97 Å². The van der Waals surface area contributed by atoms with E-state index in [0.717, 1.165) is 25.7 Å². The summed E-state index contributed by atoms with van der Waals surface area (Å²) in [5, 5.41) is 11.0. The smallest absolute Gasteiger partial charge is 0.325 e. The first-order chi connectivity index (χ1) is 8.50. The maximum Gasteiger partial charge on any atom is 0.325 e. The van der Waals surface area contributed by atoms with Crippen LogP contribution in [0, 0.1) is 0 Å². The fourth-order valence-electron chi connectivity index (χ4n) is 1.90. The third-order valence-electron chi connectivity index (χ3n) is 3.00. The van der Waals surface area contributed by atoms with Crippen molar-refractivity contribution in [3.63, 3.8) is 0 Å². The number of hydrogen-bond donors (Lipinski definition) is 2. The Morgan fingerprint density at radius 3 is 2.67 bits per heavy atom. The third kappa shape index (κ3) is 4.73. The van der Waals surface area contributed by atoms with E-state index >= 15 is 0 Å². The van der Waals surface area contributed by atoms with Gasteiger partial charge in [0, 0.05) is 13.0 Å². The molecule has 1 rings (SSSR count). The van der Waals surface area contributed by atoms with Gasteiger partial charge in [0.15, 0.2) is 0 Å². The van der Waals surface area contributed by atoms with E-state index in [-0.39, 0.29) is 12.5 Å². The van der Waals surface area contributed by atoms with Crippen LogP contribution in [0.4, 0.5) is 0 Å². The number of carboxylic acids is 1. The molecule has 1 fully saturated rings. The van der Waals surface area contributed by atoms with E-state index in [1.54, 1.807) is 0 Å². The Morgan fingerprint density at radius 1 is 1.33 bits per heavy atom. The molecule has 2 N–H and O–H groups in total. The first kappa shape index (κ1) is 14.5. The van der Waals surface area contributed by atoms with Crippen LogP contribution in [0.5, 0.6) is 0 Å². The minimum Gasteiger partial charge on any atom is -0.480 e. The van der Waals surface area contributed by atoms with E-state index in [9.17, 15) is 14.4 Å². The molecule has 1 unspecified atom stereocenters. The molecule has 6 heteroatoms. The van der Waals surface area contributed by atoms with Gasteiger partial charge in [0.2, 0.25) is 11.8 Å². The van der Waals surface area contributed by atoms with Gasteiger partial charge < -0.3 is 15.3 Å². The van der Waals surface area contributed by atoms with E-state index in [0.29, 0.717) is 13.0 Å². The Kier molecular flexibility index (Phi) is 5.61. The zero-order valence-corrected chi connectivity index (χ0v) is 10.6. The summed E-state index contributed by atoms with van der Waals surface area (Å²) >= 11 is 0. The van der Waals surface area contributed by atoms with Crippen LogP contribution >= 0.6 is 0 Å². The molecule has 1 saturated heterocycles. The molecule has 1 atom stereocenters. The Hall–Kier alpha value is -1.59. The minimum atomic E-state index is -1.08. The average molecular weight is 256 g/mol. The maximum atomic E-state index is 11.8. The van der Waals surface area contributed by atoms with Crippen molar-refractivity contribution in [2.45, 2.75) is 45.1 Å². The fraction of sp³-hybridized carbons (Fsp3) is 0.750. The maximum absolute atomic E-state index is 11.8. The molecule has 0 aliphatic carbocycles. The van der Waals surface area contributed by atoms with Crippen molar-refractivity contribution >= 4 is 17.8 Å². The highest BCUT2D eigenvalue weighted by Crippen LogP contribution is 2.11. The molecule has 18 heavy (non-hydrogen) atoms. The van der Waals surface area contributed by atoms with Gasteiger partial charge in [0.1, 0.15) is 6.04 Å². The third-order valence-corrected chi connectivity index (χ3v) is 3.00. The number of carboxylic acid groups (broad SMARTS) is 1. The van der Waals surface area contributed by atoms with Gasteiger partial charge in [-0.05, 0) is 19.8 Å². The van der Waals surface area contributed by atoms with Crippen molar-refractivity contribution in [2.75, 3.05) is 13.1 Å². The minimum absolute atomic E-state index is 0.0205. The lowest BCUT2D eigenvalue weighted by molar-refractivity contribution is -0.142. The number of nitrogens with zero attached hydrogens (tertiary/aromatic N) is 1. The summed E-state index contributed by atoms with van der Waals surface area (Å²) in [6, 6.07) is -0.928. The average Bonchev–Trinajstić information content (AvgIpc) is 2.28. The Balaban J connectivity index is 2.45. The van der Waals surface area contributed by atoms with E-state index in [1.165, 1.54) is 11.8 Å². The van der Waals surface area contributed by atoms with E-state index in [4.69, 9.17) is 5.11 Å². The topological polar surface area (TPSA) is 86.7 Å². The predicted octanol–water partition coefficient (Wildman–Crippen LogP) is 0.368. The van der Waals surface area contributed by atoms with Crippen LogP contribution in [0.15, 0.2) is 0 Å². The van der Waals surface area contributed by atoms with Gasteiger partial charge in [-0.3, -0.25) is 14.4 Å². The zero-order chi connectivity index (χ0) is 13.5. The summed E-state index contributed by atoms with van der Waals surface area (Å²) in [7, 11) is 0. The number of amides is 2. The van der Waals surface area contributed by atoms with Crippen molar-refractivity contribution in [3.05, 3.63) is 0 Å². The first-order valence-electron chi connectivity index (χ1n) is 6.30. The van der Waals surface area contributed by atoms with Gasteiger partial charge in [-0.2, -0.15) is 0 Å². The van der Waals surface area contributed by atoms with Crippen molar-refractivity contribution in [3.8, 4) is 0 Å². The highest BCUT2D eigenvalue weighted by molar-refractivity contribution is 5.87. The molecule has 2 amide bonds. The molecule has 0 aromatic carbocycles. The number of nitrogens with one attached hydrogen (secondary N) is 1. The number of carbonyl (C=O) groups excluding carboxylic acids is 2. The normalized spacial score (nSPS) is 18.7. The SMILES string of the molecule is CC(NC(=O)CN1CCCCCCC1=O)C(=O)O. The van der Waals surface area contributed by atoms with Gasteiger partial charge in [-0.1, -0.05) is 12.8 Å². The van der Waals surface area contributed by atoms with E-state index < -0.39 is 17.9 Å². The molecule has 1 aliphatic rings.